The molecule has 2 aromatic heterocycles. The summed E-state index contributed by atoms with van der Waals surface area (Å²) in [6.07, 6.45) is 0. The predicted octanol–water partition coefficient (Wildman–Crippen LogP) is 4.94. The fourth-order valence-electron chi connectivity index (χ4n) is 1.82. The van der Waals surface area contributed by atoms with Crippen LogP contribution in [-0.2, 0) is 0 Å². The molecule has 0 unspecified atom stereocenters. The molecule has 3 nitrogen and oxygen atoms in total. The van der Waals surface area contributed by atoms with Crippen molar-refractivity contribution in [2.24, 2.45) is 0 Å². The third-order valence-electron chi connectivity index (χ3n) is 2.93. The number of Topliss-reactive ketones (excluding diaryl/α,β-unsaturated/α-hetero) is 1. The first-order chi connectivity index (χ1) is 10.7. The van der Waals surface area contributed by atoms with Crippen LogP contribution in [0.3, 0.4) is 0 Å². The Kier molecular flexibility index (Phi) is 5.02. The van der Waals surface area contributed by atoms with E-state index in [1.54, 1.807) is 0 Å². The highest BCUT2D eigenvalue weighted by Gasteiger charge is 2.08. The normalized spacial score (nSPS) is 10.6. The molecule has 1 aromatic carbocycles. The number of thiophene rings is 1. The summed E-state index contributed by atoms with van der Waals surface area (Å²) in [6.45, 7) is 0. The largest absolute Gasteiger partial charge is 0.292 e. The minimum atomic E-state index is 0.124. The second-order valence-electron chi connectivity index (χ2n) is 4.45. The molecule has 2 heterocycles. The number of carbonyl (C=O) groups is 1. The van der Waals surface area contributed by atoms with Crippen molar-refractivity contribution in [3.63, 3.8) is 0 Å². The number of benzene rings is 1. The van der Waals surface area contributed by atoms with Crippen LogP contribution in [0.25, 0.3) is 11.3 Å². The lowest BCUT2D eigenvalue weighted by Crippen LogP contribution is -2.00. The van der Waals surface area contributed by atoms with Gasteiger partial charge in [0.15, 0.2) is 5.78 Å². The number of hydrogen-bond donors (Lipinski definition) is 0. The Labute approximate surface area is 144 Å². The summed E-state index contributed by atoms with van der Waals surface area (Å²) in [5, 5.41) is 11.1. The average molecular weight is 391 g/mol. The van der Waals surface area contributed by atoms with E-state index >= 15 is 0 Å². The van der Waals surface area contributed by atoms with Crippen molar-refractivity contribution in [2.45, 2.75) is 5.03 Å². The van der Waals surface area contributed by atoms with E-state index in [-0.39, 0.29) is 5.78 Å². The maximum Gasteiger partial charge on any atom is 0.183 e. The molecule has 0 atom stereocenters. The highest BCUT2D eigenvalue weighted by molar-refractivity contribution is 9.10. The molecule has 0 radical (unpaired) electrons. The van der Waals surface area contributed by atoms with Crippen molar-refractivity contribution >= 4 is 44.8 Å². The van der Waals surface area contributed by atoms with E-state index in [1.807, 2.05) is 53.9 Å². The molecule has 0 fully saturated rings. The predicted molar refractivity (Wildman–Crippen MR) is 94.5 cm³/mol. The molecular formula is C16H11BrN2OS2. The number of ketones is 1. The van der Waals surface area contributed by atoms with E-state index in [2.05, 4.69) is 26.1 Å². The molecule has 6 heteroatoms. The topological polar surface area (TPSA) is 42.9 Å². The van der Waals surface area contributed by atoms with Gasteiger partial charge in [-0.15, -0.1) is 21.5 Å². The second-order valence-corrected chi connectivity index (χ2v) is 7.31. The number of halogens is 1. The summed E-state index contributed by atoms with van der Waals surface area (Å²) in [7, 11) is 0. The summed E-state index contributed by atoms with van der Waals surface area (Å²) in [5.74, 6) is 0.506. The third kappa shape index (κ3) is 3.82. The van der Waals surface area contributed by atoms with E-state index in [0.29, 0.717) is 5.75 Å². The van der Waals surface area contributed by atoms with Gasteiger partial charge < -0.3 is 0 Å². The maximum atomic E-state index is 11.9. The lowest BCUT2D eigenvalue weighted by molar-refractivity contribution is 0.102. The number of carbonyl (C=O) groups excluding carboxylic acids is 1. The molecule has 0 aliphatic carbocycles. The van der Waals surface area contributed by atoms with Crippen molar-refractivity contribution in [3.8, 4) is 11.3 Å². The van der Waals surface area contributed by atoms with Crippen molar-refractivity contribution in [2.75, 3.05) is 5.75 Å². The summed E-state index contributed by atoms with van der Waals surface area (Å²) < 4.78 is 1.03. The fraction of sp³-hybridized carbons (Fsp3) is 0.0625. The van der Waals surface area contributed by atoms with Crippen LogP contribution >= 0.6 is 39.0 Å². The lowest BCUT2D eigenvalue weighted by atomic mass is 10.1. The van der Waals surface area contributed by atoms with Gasteiger partial charge in [0, 0.05) is 10.0 Å². The zero-order valence-electron chi connectivity index (χ0n) is 11.4. The van der Waals surface area contributed by atoms with Gasteiger partial charge in [-0.3, -0.25) is 4.79 Å². The smallest absolute Gasteiger partial charge is 0.183 e. The Bertz CT molecular complexity index is 756. The van der Waals surface area contributed by atoms with E-state index in [1.165, 1.54) is 23.1 Å². The molecule has 0 N–H and O–H groups in total. The molecule has 0 saturated carbocycles. The SMILES string of the molecule is O=C(CSc1ccc(-c2ccc(Br)cc2)nn1)c1cccs1. The monoisotopic (exact) mass is 390 g/mol. The van der Waals surface area contributed by atoms with E-state index in [4.69, 9.17) is 0 Å². The van der Waals surface area contributed by atoms with Crippen LogP contribution in [0.1, 0.15) is 9.67 Å². The van der Waals surface area contributed by atoms with Gasteiger partial charge in [-0.2, -0.15) is 0 Å². The van der Waals surface area contributed by atoms with Crippen LogP contribution in [0, 0.1) is 0 Å². The summed E-state index contributed by atoms with van der Waals surface area (Å²) >= 11 is 6.28. The summed E-state index contributed by atoms with van der Waals surface area (Å²) in [6, 6.07) is 15.5. The molecule has 0 aliphatic rings. The van der Waals surface area contributed by atoms with Crippen LogP contribution in [0.4, 0.5) is 0 Å². The van der Waals surface area contributed by atoms with E-state index in [9.17, 15) is 4.79 Å². The number of hydrogen-bond acceptors (Lipinski definition) is 5. The van der Waals surface area contributed by atoms with Crippen molar-refractivity contribution in [1.29, 1.82) is 0 Å². The van der Waals surface area contributed by atoms with Crippen LogP contribution in [0.5, 0.6) is 0 Å². The van der Waals surface area contributed by atoms with Crippen LogP contribution in [0.15, 0.2) is 63.4 Å². The van der Waals surface area contributed by atoms with Gasteiger partial charge >= 0.3 is 0 Å². The van der Waals surface area contributed by atoms with Gasteiger partial charge in [-0.1, -0.05) is 45.9 Å². The van der Waals surface area contributed by atoms with Gasteiger partial charge in [0.1, 0.15) is 5.03 Å². The van der Waals surface area contributed by atoms with Crippen molar-refractivity contribution in [1.82, 2.24) is 10.2 Å². The Morgan fingerprint density at radius 1 is 1.09 bits per heavy atom. The number of thioether (sulfide) groups is 1. The van der Waals surface area contributed by atoms with E-state index < -0.39 is 0 Å². The first-order valence-corrected chi connectivity index (χ1v) is 9.17. The summed E-state index contributed by atoms with van der Waals surface area (Å²) in [4.78, 5) is 12.7. The van der Waals surface area contributed by atoms with Gasteiger partial charge in [0.25, 0.3) is 0 Å². The Morgan fingerprint density at radius 3 is 2.55 bits per heavy atom. The van der Waals surface area contributed by atoms with Gasteiger partial charge in [-0.25, -0.2) is 0 Å². The Balaban J connectivity index is 1.64. The van der Waals surface area contributed by atoms with Gasteiger partial charge in [0.05, 0.1) is 16.3 Å². The van der Waals surface area contributed by atoms with Gasteiger partial charge in [-0.05, 0) is 35.7 Å². The lowest BCUT2D eigenvalue weighted by Gasteiger charge is -2.02. The number of rotatable bonds is 5. The fourth-order valence-corrected chi connectivity index (χ4v) is 3.54. The molecule has 110 valence electrons. The quantitative estimate of drug-likeness (QED) is 0.456. The Morgan fingerprint density at radius 2 is 1.91 bits per heavy atom. The Hall–Kier alpha value is -1.50. The first kappa shape index (κ1) is 15.4. The molecule has 22 heavy (non-hydrogen) atoms. The van der Waals surface area contributed by atoms with Gasteiger partial charge in [0.2, 0.25) is 0 Å². The third-order valence-corrected chi connectivity index (χ3v) is 5.29. The zero-order valence-corrected chi connectivity index (χ0v) is 14.6. The minimum Gasteiger partial charge on any atom is -0.292 e. The van der Waals surface area contributed by atoms with E-state index in [0.717, 1.165) is 25.6 Å². The first-order valence-electron chi connectivity index (χ1n) is 6.51. The maximum absolute atomic E-state index is 11.9. The zero-order chi connectivity index (χ0) is 15.4. The number of nitrogens with zero attached hydrogens (tertiary/aromatic N) is 2. The highest BCUT2D eigenvalue weighted by atomic mass is 79.9. The minimum absolute atomic E-state index is 0.124. The molecule has 0 spiro atoms. The van der Waals surface area contributed by atoms with Crippen molar-refractivity contribution in [3.05, 3.63) is 63.3 Å². The number of aromatic nitrogens is 2. The highest BCUT2D eigenvalue weighted by Crippen LogP contribution is 2.22. The molecule has 0 bridgehead atoms. The molecule has 0 amide bonds. The molecule has 3 aromatic rings. The summed E-state index contributed by atoms with van der Waals surface area (Å²) in [5.41, 5.74) is 1.84. The molecule has 0 aliphatic heterocycles. The molecular weight excluding hydrogens is 380 g/mol. The standard InChI is InChI=1S/C16H11BrN2OS2/c17-12-5-3-11(4-6-12)13-7-8-16(19-18-13)22-10-14(20)15-2-1-9-21-15/h1-9H,10H2. The second kappa shape index (κ2) is 7.17. The van der Waals surface area contributed by atoms with Crippen LogP contribution in [0.2, 0.25) is 0 Å². The van der Waals surface area contributed by atoms with Crippen LogP contribution in [-0.4, -0.2) is 21.7 Å². The molecule has 0 saturated heterocycles. The molecule has 3 rings (SSSR count). The average Bonchev–Trinajstić information content (AvgIpc) is 3.08. The van der Waals surface area contributed by atoms with Crippen molar-refractivity contribution < 1.29 is 4.79 Å². The van der Waals surface area contributed by atoms with Crippen LogP contribution < -0.4 is 0 Å².